The van der Waals surface area contributed by atoms with E-state index < -0.39 is 0 Å². The number of aromatic hydroxyl groups is 1. The van der Waals surface area contributed by atoms with Gasteiger partial charge in [-0.2, -0.15) is 0 Å². The Hall–Kier alpha value is -3.00. The number of amides is 1. The van der Waals surface area contributed by atoms with Crippen molar-refractivity contribution in [1.29, 1.82) is 0 Å². The number of nitrogens with zero attached hydrogens (tertiary/aromatic N) is 4. The van der Waals surface area contributed by atoms with Gasteiger partial charge in [0.25, 0.3) is 5.91 Å². The molecule has 208 valence electrons. The van der Waals surface area contributed by atoms with E-state index in [2.05, 4.69) is 45.8 Å². The van der Waals surface area contributed by atoms with Crippen LogP contribution in [0.3, 0.4) is 0 Å². The van der Waals surface area contributed by atoms with Crippen molar-refractivity contribution in [2.75, 3.05) is 6.54 Å². The second-order valence-electron chi connectivity index (χ2n) is 10.4. The molecule has 3 N–H and O–H groups in total. The average Bonchev–Trinajstić information content (AvgIpc) is 2.89. The number of hydrogen-bond acceptors (Lipinski definition) is 6. The number of aliphatic imine (C=N–C) groups is 2. The standard InChI is InChI=1S/C31H40BrN5O2/c1-5-9-23(33)28-25(36-24-13-12-21(17-27(24)38)20-10-8-11-20)14-16-37(26(28)7-3)31(39)30-29(34-15-6-2)19(4)22(32)18-35-30/h12-13,15,17-18,20,26,38H,5-11,14,16,33H2,1-4H3/b28-23+,34-15?,36-25?. The molecule has 2 aliphatic rings. The largest absolute Gasteiger partial charge is 0.506 e. The van der Waals surface area contributed by atoms with Crippen LogP contribution in [0, 0.1) is 6.92 Å². The van der Waals surface area contributed by atoms with E-state index in [1.807, 2.05) is 30.9 Å². The second kappa shape index (κ2) is 12.9. The van der Waals surface area contributed by atoms with Gasteiger partial charge in [-0.3, -0.25) is 9.79 Å². The lowest BCUT2D eigenvalue weighted by molar-refractivity contribution is 0.0694. The lowest BCUT2D eigenvalue weighted by Gasteiger charge is -2.39. The number of benzene rings is 1. The number of halogens is 1. The molecule has 1 aromatic carbocycles. The van der Waals surface area contributed by atoms with Crippen LogP contribution in [-0.4, -0.2) is 45.4 Å². The molecule has 1 aliphatic carbocycles. The molecule has 1 aliphatic heterocycles. The Morgan fingerprint density at radius 3 is 2.67 bits per heavy atom. The Labute approximate surface area is 240 Å². The fourth-order valence-corrected chi connectivity index (χ4v) is 5.72. The summed E-state index contributed by atoms with van der Waals surface area (Å²) in [5.74, 6) is 0.573. The molecule has 0 spiro atoms. The van der Waals surface area contributed by atoms with Crippen LogP contribution in [0.1, 0.15) is 99.7 Å². The molecule has 7 nitrogen and oxygen atoms in total. The number of rotatable bonds is 8. The first kappa shape index (κ1) is 29.0. The number of carbonyl (C=O) groups is 1. The van der Waals surface area contributed by atoms with Gasteiger partial charge < -0.3 is 15.7 Å². The Balaban J connectivity index is 1.73. The van der Waals surface area contributed by atoms with Crippen LogP contribution in [-0.2, 0) is 0 Å². The van der Waals surface area contributed by atoms with Crippen molar-refractivity contribution in [1.82, 2.24) is 9.88 Å². The number of aromatic nitrogens is 1. The molecule has 1 saturated heterocycles. The summed E-state index contributed by atoms with van der Waals surface area (Å²) in [7, 11) is 0. The van der Waals surface area contributed by atoms with Crippen molar-refractivity contribution >= 4 is 45.1 Å². The summed E-state index contributed by atoms with van der Waals surface area (Å²) < 4.78 is 0.818. The molecular formula is C31H40BrN5O2. The molecule has 1 saturated carbocycles. The zero-order chi connectivity index (χ0) is 28.1. The van der Waals surface area contributed by atoms with Crippen LogP contribution in [0.25, 0.3) is 0 Å². The van der Waals surface area contributed by atoms with E-state index in [1.165, 1.54) is 24.8 Å². The van der Waals surface area contributed by atoms with Crippen molar-refractivity contribution in [3.63, 3.8) is 0 Å². The highest BCUT2D eigenvalue weighted by molar-refractivity contribution is 9.10. The van der Waals surface area contributed by atoms with Crippen LogP contribution in [0.15, 0.2) is 50.1 Å². The average molecular weight is 595 g/mol. The highest BCUT2D eigenvalue weighted by Crippen LogP contribution is 2.40. The first-order valence-corrected chi connectivity index (χ1v) is 15.0. The number of phenolic OH excluding ortho intramolecular Hbond substituents is 1. The molecule has 2 fully saturated rings. The SMILES string of the molecule is CCC=Nc1c(C(=O)N2CCC(=Nc3ccc(C4CCC4)cc3O)/C(=C(\N)CCC)C2CC)ncc(Br)c1C. The van der Waals surface area contributed by atoms with Gasteiger partial charge >= 0.3 is 0 Å². The third-order valence-electron chi connectivity index (χ3n) is 7.80. The van der Waals surface area contributed by atoms with Gasteiger partial charge in [-0.15, -0.1) is 0 Å². The van der Waals surface area contributed by atoms with E-state index in [9.17, 15) is 9.90 Å². The number of nitrogens with two attached hydrogens (primary N) is 1. The fraction of sp³-hybridized carbons (Fsp3) is 0.484. The second-order valence-corrected chi connectivity index (χ2v) is 11.3. The number of likely N-dealkylation sites (tertiary alicyclic amines) is 1. The zero-order valence-corrected chi connectivity index (χ0v) is 25.1. The van der Waals surface area contributed by atoms with E-state index in [1.54, 1.807) is 12.4 Å². The van der Waals surface area contributed by atoms with Gasteiger partial charge in [-0.05, 0) is 84.1 Å². The Kier molecular flexibility index (Phi) is 9.59. The lowest BCUT2D eigenvalue weighted by Crippen LogP contribution is -2.49. The molecule has 0 radical (unpaired) electrons. The molecule has 2 aromatic rings. The Morgan fingerprint density at radius 2 is 2.05 bits per heavy atom. The topological polar surface area (TPSA) is 104 Å². The Bertz CT molecular complexity index is 1310. The Morgan fingerprint density at radius 1 is 1.28 bits per heavy atom. The molecule has 1 aromatic heterocycles. The predicted molar refractivity (Wildman–Crippen MR) is 163 cm³/mol. The van der Waals surface area contributed by atoms with Crippen LogP contribution in [0.2, 0.25) is 0 Å². The molecule has 4 rings (SSSR count). The van der Waals surface area contributed by atoms with Gasteiger partial charge in [0, 0.05) is 46.8 Å². The maximum Gasteiger partial charge on any atom is 0.275 e. The summed E-state index contributed by atoms with van der Waals surface area (Å²) in [4.78, 5) is 29.9. The normalized spacial score (nSPS) is 20.5. The summed E-state index contributed by atoms with van der Waals surface area (Å²) in [6.45, 7) is 8.59. The molecule has 39 heavy (non-hydrogen) atoms. The third kappa shape index (κ3) is 6.11. The maximum absolute atomic E-state index is 14.0. The minimum Gasteiger partial charge on any atom is -0.506 e. The van der Waals surface area contributed by atoms with Gasteiger partial charge in [0.15, 0.2) is 5.69 Å². The summed E-state index contributed by atoms with van der Waals surface area (Å²) in [5.41, 5.74) is 12.7. The molecule has 1 unspecified atom stereocenters. The van der Waals surface area contributed by atoms with E-state index >= 15 is 0 Å². The third-order valence-corrected chi connectivity index (χ3v) is 8.60. The lowest BCUT2D eigenvalue weighted by atomic mass is 9.80. The molecular weight excluding hydrogens is 554 g/mol. The van der Waals surface area contributed by atoms with Crippen molar-refractivity contribution in [2.45, 2.75) is 91.0 Å². The zero-order valence-electron chi connectivity index (χ0n) is 23.5. The van der Waals surface area contributed by atoms with E-state index in [0.717, 1.165) is 39.9 Å². The monoisotopic (exact) mass is 593 g/mol. The summed E-state index contributed by atoms with van der Waals surface area (Å²) >= 11 is 3.53. The van der Waals surface area contributed by atoms with Crippen molar-refractivity contribution in [2.24, 2.45) is 15.7 Å². The smallest absolute Gasteiger partial charge is 0.275 e. The van der Waals surface area contributed by atoms with Crippen LogP contribution in [0.5, 0.6) is 5.75 Å². The van der Waals surface area contributed by atoms with Crippen molar-refractivity contribution in [3.05, 3.63) is 57.0 Å². The van der Waals surface area contributed by atoms with Crippen LogP contribution in [0.4, 0.5) is 11.4 Å². The quantitative estimate of drug-likeness (QED) is 0.307. The molecule has 1 atom stereocenters. The van der Waals surface area contributed by atoms with E-state index in [4.69, 9.17) is 10.7 Å². The fourth-order valence-electron chi connectivity index (χ4n) is 5.43. The summed E-state index contributed by atoms with van der Waals surface area (Å²) in [6.07, 6.45) is 10.6. The molecule has 2 heterocycles. The van der Waals surface area contributed by atoms with Gasteiger partial charge in [0.1, 0.15) is 11.4 Å². The van der Waals surface area contributed by atoms with Gasteiger partial charge in [0.05, 0.1) is 11.7 Å². The maximum atomic E-state index is 14.0. The number of phenols is 1. The first-order chi connectivity index (χ1) is 18.8. The minimum absolute atomic E-state index is 0.158. The molecule has 1 amide bonds. The number of pyridine rings is 1. The van der Waals surface area contributed by atoms with Crippen molar-refractivity contribution in [3.8, 4) is 5.75 Å². The predicted octanol–water partition coefficient (Wildman–Crippen LogP) is 7.65. The van der Waals surface area contributed by atoms with Gasteiger partial charge in [-0.1, -0.05) is 39.7 Å². The van der Waals surface area contributed by atoms with Crippen LogP contribution < -0.4 is 5.73 Å². The summed E-state index contributed by atoms with van der Waals surface area (Å²) in [5, 5.41) is 10.8. The van der Waals surface area contributed by atoms with Gasteiger partial charge in [-0.25, -0.2) is 9.98 Å². The molecule has 0 bridgehead atoms. The number of piperidine rings is 1. The van der Waals surface area contributed by atoms with Crippen LogP contribution >= 0.6 is 15.9 Å². The number of hydrogen-bond donors (Lipinski definition) is 2. The van der Waals surface area contributed by atoms with E-state index in [0.29, 0.717) is 48.8 Å². The molecule has 8 heteroatoms. The highest BCUT2D eigenvalue weighted by atomic mass is 79.9. The number of carbonyl (C=O) groups excluding carboxylic acids is 1. The summed E-state index contributed by atoms with van der Waals surface area (Å²) in [6, 6.07) is 5.60. The number of allylic oxidation sites excluding steroid dienone is 1. The van der Waals surface area contributed by atoms with E-state index in [-0.39, 0.29) is 17.7 Å². The van der Waals surface area contributed by atoms with Gasteiger partial charge in [0.2, 0.25) is 0 Å². The first-order valence-electron chi connectivity index (χ1n) is 14.2. The van der Waals surface area contributed by atoms with Crippen molar-refractivity contribution < 1.29 is 9.90 Å². The highest BCUT2D eigenvalue weighted by Gasteiger charge is 2.36. The minimum atomic E-state index is -0.248.